The van der Waals surface area contributed by atoms with Crippen molar-refractivity contribution in [2.24, 2.45) is 0 Å². The highest BCUT2D eigenvalue weighted by atomic mass is 16.5. The molecule has 0 amide bonds. The smallest absolute Gasteiger partial charge is 0.145 e. The van der Waals surface area contributed by atoms with Crippen molar-refractivity contribution >= 4 is 11.0 Å². The molecule has 4 rings (SSSR count). The predicted molar refractivity (Wildman–Crippen MR) is 137 cm³/mol. The molecule has 0 radical (unpaired) electrons. The van der Waals surface area contributed by atoms with Crippen molar-refractivity contribution in [3.05, 3.63) is 71.8 Å². The number of aromatic nitrogens is 2. The summed E-state index contributed by atoms with van der Waals surface area (Å²) in [6, 6.07) is 20.5. The molecule has 0 spiro atoms. The summed E-state index contributed by atoms with van der Waals surface area (Å²) in [5.41, 5.74) is 5.42. The quantitative estimate of drug-likeness (QED) is 0.358. The number of aromatic hydroxyl groups is 1. The number of benzene rings is 3. The first-order valence-corrected chi connectivity index (χ1v) is 11.6. The first kappa shape index (κ1) is 22.9. The number of para-hydroxylation sites is 2. The summed E-state index contributed by atoms with van der Waals surface area (Å²) >= 11 is 0. The van der Waals surface area contributed by atoms with Gasteiger partial charge in [-0.3, -0.25) is 4.57 Å². The number of hydrogen-bond acceptors (Lipinski definition) is 3. The topological polar surface area (TPSA) is 47.3 Å². The van der Waals surface area contributed by atoms with Gasteiger partial charge in [0.15, 0.2) is 0 Å². The van der Waals surface area contributed by atoms with Gasteiger partial charge in [-0.05, 0) is 66.3 Å². The maximum absolute atomic E-state index is 11.2. The molecule has 172 valence electrons. The fourth-order valence-electron chi connectivity index (χ4n) is 4.24. The summed E-state index contributed by atoms with van der Waals surface area (Å²) in [7, 11) is 0. The van der Waals surface area contributed by atoms with Crippen LogP contribution in [0.1, 0.15) is 59.6 Å². The minimum absolute atomic E-state index is 0.213. The van der Waals surface area contributed by atoms with E-state index in [-0.39, 0.29) is 10.8 Å². The molecule has 1 heterocycles. The number of imidazole rings is 1. The van der Waals surface area contributed by atoms with Gasteiger partial charge in [0.2, 0.25) is 0 Å². The highest BCUT2D eigenvalue weighted by Crippen LogP contribution is 2.42. The van der Waals surface area contributed by atoms with E-state index in [1.54, 1.807) is 0 Å². The van der Waals surface area contributed by atoms with Crippen molar-refractivity contribution in [3.63, 3.8) is 0 Å². The van der Waals surface area contributed by atoms with Gasteiger partial charge >= 0.3 is 0 Å². The second-order valence-electron chi connectivity index (χ2n) is 10.6. The Morgan fingerprint density at radius 1 is 0.848 bits per heavy atom. The average molecular weight is 443 g/mol. The number of fused-ring (bicyclic) bond motifs is 1. The molecule has 4 aromatic rings. The van der Waals surface area contributed by atoms with Gasteiger partial charge < -0.3 is 9.84 Å². The standard InChI is InChI=1S/C29H34N2O2/c1-8-33-21-15-13-19(14-16-21)27-30-24-11-9-10-12-25(24)31(27)20-17-22(28(2,3)4)26(32)23(18-20)29(5,6)7/h9-18,32H,8H2,1-7H3. The number of ether oxygens (including phenoxy) is 1. The summed E-state index contributed by atoms with van der Waals surface area (Å²) in [5, 5.41) is 11.2. The van der Waals surface area contributed by atoms with E-state index in [0.29, 0.717) is 12.4 Å². The molecule has 3 aromatic carbocycles. The third kappa shape index (κ3) is 4.35. The molecule has 0 saturated heterocycles. The fraction of sp³-hybridized carbons (Fsp3) is 0.345. The van der Waals surface area contributed by atoms with Crippen LogP contribution in [0.4, 0.5) is 0 Å². The van der Waals surface area contributed by atoms with E-state index in [1.807, 2.05) is 37.3 Å². The lowest BCUT2D eigenvalue weighted by molar-refractivity contribution is 0.340. The molecule has 1 N–H and O–H groups in total. The second-order valence-corrected chi connectivity index (χ2v) is 10.6. The molecule has 0 aliphatic heterocycles. The molecule has 0 fully saturated rings. The monoisotopic (exact) mass is 442 g/mol. The number of rotatable bonds is 4. The largest absolute Gasteiger partial charge is 0.507 e. The molecular formula is C29H34N2O2. The summed E-state index contributed by atoms with van der Waals surface area (Å²) in [4.78, 5) is 5.00. The number of phenolic OH excluding ortho intramolecular Hbond substituents is 1. The van der Waals surface area contributed by atoms with Crippen LogP contribution in [0.5, 0.6) is 11.5 Å². The van der Waals surface area contributed by atoms with Crippen molar-refractivity contribution in [1.29, 1.82) is 0 Å². The molecule has 0 unspecified atom stereocenters. The summed E-state index contributed by atoms with van der Waals surface area (Å²) in [6.45, 7) is 15.4. The van der Waals surface area contributed by atoms with Crippen LogP contribution in [-0.2, 0) is 10.8 Å². The molecule has 1 aromatic heterocycles. The Labute approximate surface area is 196 Å². The van der Waals surface area contributed by atoms with E-state index in [4.69, 9.17) is 9.72 Å². The highest BCUT2D eigenvalue weighted by molar-refractivity contribution is 5.83. The molecule has 33 heavy (non-hydrogen) atoms. The molecule has 4 heteroatoms. The maximum atomic E-state index is 11.2. The van der Waals surface area contributed by atoms with Crippen LogP contribution < -0.4 is 4.74 Å². The lowest BCUT2D eigenvalue weighted by Crippen LogP contribution is -2.18. The number of phenols is 1. The first-order chi connectivity index (χ1) is 15.5. The van der Waals surface area contributed by atoms with E-state index < -0.39 is 0 Å². The number of hydrogen-bond donors (Lipinski definition) is 1. The van der Waals surface area contributed by atoms with Crippen LogP contribution in [0.25, 0.3) is 28.1 Å². The van der Waals surface area contributed by atoms with E-state index >= 15 is 0 Å². The first-order valence-electron chi connectivity index (χ1n) is 11.6. The van der Waals surface area contributed by atoms with Gasteiger partial charge in [0.25, 0.3) is 0 Å². The zero-order valence-electron chi connectivity index (χ0n) is 20.7. The third-order valence-corrected chi connectivity index (χ3v) is 5.95. The van der Waals surface area contributed by atoms with Crippen LogP contribution in [0.15, 0.2) is 60.7 Å². The maximum Gasteiger partial charge on any atom is 0.145 e. The van der Waals surface area contributed by atoms with Crippen LogP contribution in [0, 0.1) is 0 Å². The Morgan fingerprint density at radius 3 is 1.97 bits per heavy atom. The van der Waals surface area contributed by atoms with Crippen molar-refractivity contribution in [2.45, 2.75) is 59.3 Å². The Balaban J connectivity index is 2.03. The minimum atomic E-state index is -0.213. The Morgan fingerprint density at radius 2 is 1.42 bits per heavy atom. The second kappa shape index (κ2) is 8.26. The lowest BCUT2D eigenvalue weighted by Gasteiger charge is -2.28. The van der Waals surface area contributed by atoms with Gasteiger partial charge in [-0.1, -0.05) is 53.7 Å². The normalized spacial score (nSPS) is 12.3. The zero-order valence-corrected chi connectivity index (χ0v) is 20.7. The zero-order chi connectivity index (χ0) is 24.0. The van der Waals surface area contributed by atoms with Crippen molar-refractivity contribution in [2.75, 3.05) is 6.61 Å². The molecule has 0 aliphatic carbocycles. The summed E-state index contributed by atoms with van der Waals surface area (Å²) in [5.74, 6) is 2.09. The van der Waals surface area contributed by atoms with Crippen molar-refractivity contribution in [3.8, 4) is 28.6 Å². The van der Waals surface area contributed by atoms with Crippen LogP contribution in [-0.4, -0.2) is 21.3 Å². The van der Waals surface area contributed by atoms with Crippen molar-refractivity contribution < 1.29 is 9.84 Å². The minimum Gasteiger partial charge on any atom is -0.507 e. The van der Waals surface area contributed by atoms with E-state index in [2.05, 4.69) is 76.4 Å². The van der Waals surface area contributed by atoms with Gasteiger partial charge in [-0.25, -0.2) is 4.98 Å². The third-order valence-electron chi connectivity index (χ3n) is 5.95. The van der Waals surface area contributed by atoms with Gasteiger partial charge in [0, 0.05) is 22.4 Å². The SMILES string of the molecule is CCOc1ccc(-c2nc3ccccc3n2-c2cc(C(C)(C)C)c(O)c(C(C)(C)C)c2)cc1. The lowest BCUT2D eigenvalue weighted by atomic mass is 9.79. The molecule has 0 bridgehead atoms. The van der Waals surface area contributed by atoms with Crippen LogP contribution in [0.2, 0.25) is 0 Å². The van der Waals surface area contributed by atoms with E-state index in [1.165, 1.54) is 0 Å². The van der Waals surface area contributed by atoms with Crippen LogP contribution in [0.3, 0.4) is 0 Å². The van der Waals surface area contributed by atoms with Gasteiger partial charge in [0.05, 0.1) is 17.6 Å². The fourth-order valence-corrected chi connectivity index (χ4v) is 4.24. The van der Waals surface area contributed by atoms with Gasteiger partial charge in [-0.15, -0.1) is 0 Å². The molecule has 0 saturated carbocycles. The predicted octanol–water partition coefficient (Wildman–Crippen LogP) is 7.39. The molecule has 0 aliphatic rings. The Kier molecular flexibility index (Phi) is 5.73. The summed E-state index contributed by atoms with van der Waals surface area (Å²) in [6.07, 6.45) is 0. The number of nitrogens with zero attached hydrogens (tertiary/aromatic N) is 2. The van der Waals surface area contributed by atoms with Crippen LogP contribution >= 0.6 is 0 Å². The van der Waals surface area contributed by atoms with Crippen molar-refractivity contribution in [1.82, 2.24) is 9.55 Å². The molecule has 0 atom stereocenters. The Hall–Kier alpha value is -3.27. The average Bonchev–Trinajstić information content (AvgIpc) is 3.12. The summed E-state index contributed by atoms with van der Waals surface area (Å²) < 4.78 is 7.84. The Bertz CT molecular complexity index is 1250. The van der Waals surface area contributed by atoms with E-state index in [9.17, 15) is 5.11 Å². The van der Waals surface area contributed by atoms with Gasteiger partial charge in [0.1, 0.15) is 17.3 Å². The molecule has 4 nitrogen and oxygen atoms in total. The highest BCUT2D eigenvalue weighted by Gasteiger charge is 2.28. The molecular weight excluding hydrogens is 408 g/mol. The van der Waals surface area contributed by atoms with Gasteiger partial charge in [-0.2, -0.15) is 0 Å². The van der Waals surface area contributed by atoms with E-state index in [0.717, 1.165) is 45.0 Å².